The molecule has 0 bridgehead atoms. The molecule has 0 aliphatic carbocycles. The molecule has 1 aliphatic rings. The Kier molecular flexibility index (Phi) is 5.03. The van der Waals surface area contributed by atoms with Gasteiger partial charge in [0, 0.05) is 19.1 Å². The number of hydrogen-bond donors (Lipinski definition) is 1. The van der Waals surface area contributed by atoms with Crippen molar-refractivity contribution in [2.75, 3.05) is 27.4 Å². The van der Waals surface area contributed by atoms with Crippen molar-refractivity contribution in [1.82, 2.24) is 5.32 Å². The molecule has 0 aromatic heterocycles. The molecule has 0 saturated carbocycles. The Balaban J connectivity index is 2.03. The van der Waals surface area contributed by atoms with Crippen LogP contribution >= 0.6 is 11.6 Å². The summed E-state index contributed by atoms with van der Waals surface area (Å²) in [6, 6.07) is 3.21. The summed E-state index contributed by atoms with van der Waals surface area (Å²) < 4.78 is 15.1. The monoisotopic (exact) mass is 313 g/mol. The predicted octanol–water partition coefficient (Wildman–Crippen LogP) is 1.19. The van der Waals surface area contributed by atoms with Crippen molar-refractivity contribution in [2.45, 2.75) is 12.5 Å². The predicted molar refractivity (Wildman–Crippen MR) is 75.8 cm³/mol. The van der Waals surface area contributed by atoms with Crippen LogP contribution in [0.3, 0.4) is 0 Å². The van der Waals surface area contributed by atoms with Crippen LogP contribution in [-0.4, -0.2) is 45.4 Å². The Bertz CT molecular complexity index is 561. The van der Waals surface area contributed by atoms with Gasteiger partial charge in [-0.15, -0.1) is 0 Å². The number of benzene rings is 1. The summed E-state index contributed by atoms with van der Waals surface area (Å²) in [5.74, 6) is -0.106. The number of hydrogen-bond acceptors (Lipinski definition) is 5. The lowest BCUT2D eigenvalue weighted by atomic mass is 10.1. The second kappa shape index (κ2) is 6.78. The van der Waals surface area contributed by atoms with E-state index >= 15 is 0 Å². The molecule has 1 amide bonds. The Morgan fingerprint density at radius 1 is 1.43 bits per heavy atom. The number of ether oxygens (including phenoxy) is 3. The largest absolute Gasteiger partial charge is 0.486 e. The Morgan fingerprint density at radius 2 is 2.19 bits per heavy atom. The summed E-state index contributed by atoms with van der Waals surface area (Å²) in [5.41, 5.74) is 1.21. The molecule has 0 unspecified atom stereocenters. The fraction of sp³-hybridized carbons (Fsp3) is 0.429. The van der Waals surface area contributed by atoms with E-state index in [0.29, 0.717) is 29.3 Å². The fourth-order valence-corrected chi connectivity index (χ4v) is 2.43. The molecule has 1 aromatic carbocycles. The van der Waals surface area contributed by atoms with Gasteiger partial charge in [-0.05, 0) is 12.1 Å². The minimum absolute atomic E-state index is 0.00686. The molecule has 0 radical (unpaired) electrons. The summed E-state index contributed by atoms with van der Waals surface area (Å²) in [5, 5.41) is 3.06. The van der Waals surface area contributed by atoms with Gasteiger partial charge in [0.25, 0.3) is 0 Å². The lowest BCUT2D eigenvalue weighted by molar-refractivity contribution is -0.125. The highest BCUT2D eigenvalue weighted by Crippen LogP contribution is 2.37. The quantitative estimate of drug-likeness (QED) is 0.827. The van der Waals surface area contributed by atoms with E-state index in [9.17, 15) is 9.59 Å². The number of carbonyl (C=O) groups excluding carboxylic acids is 2. The summed E-state index contributed by atoms with van der Waals surface area (Å²) >= 11 is 6.11. The smallest absolute Gasteiger partial charge is 0.337 e. The second-order valence-corrected chi connectivity index (χ2v) is 5.03. The van der Waals surface area contributed by atoms with Gasteiger partial charge in [0.05, 0.1) is 24.2 Å². The van der Waals surface area contributed by atoms with Crippen LogP contribution < -0.4 is 10.1 Å². The van der Waals surface area contributed by atoms with E-state index < -0.39 is 5.97 Å². The van der Waals surface area contributed by atoms with Crippen LogP contribution in [0.2, 0.25) is 5.02 Å². The first kappa shape index (κ1) is 15.6. The average Bonchev–Trinajstić information content (AvgIpc) is 2.88. The van der Waals surface area contributed by atoms with Crippen molar-refractivity contribution in [3.05, 3.63) is 28.3 Å². The van der Waals surface area contributed by atoms with E-state index in [4.69, 9.17) is 21.1 Å². The molecular formula is C14H16ClNO5. The third-order valence-electron chi connectivity index (χ3n) is 3.08. The molecule has 0 saturated heterocycles. The SMILES string of the molecule is COCC(=O)NC[C@@H]1Cc2cc(C(=O)OC)cc(Cl)c2O1. The summed E-state index contributed by atoms with van der Waals surface area (Å²) in [7, 11) is 2.77. The van der Waals surface area contributed by atoms with Crippen molar-refractivity contribution >= 4 is 23.5 Å². The van der Waals surface area contributed by atoms with E-state index in [0.717, 1.165) is 5.56 Å². The van der Waals surface area contributed by atoms with Crippen molar-refractivity contribution in [3.63, 3.8) is 0 Å². The van der Waals surface area contributed by atoms with Gasteiger partial charge in [-0.25, -0.2) is 4.79 Å². The second-order valence-electron chi connectivity index (χ2n) is 4.62. The normalized spacial score (nSPS) is 16.0. The van der Waals surface area contributed by atoms with E-state index in [1.165, 1.54) is 20.3 Å². The highest BCUT2D eigenvalue weighted by Gasteiger charge is 2.27. The molecule has 21 heavy (non-hydrogen) atoms. The Labute approximate surface area is 127 Å². The van der Waals surface area contributed by atoms with Gasteiger partial charge in [-0.3, -0.25) is 4.79 Å². The first-order valence-electron chi connectivity index (χ1n) is 6.38. The third-order valence-corrected chi connectivity index (χ3v) is 3.36. The number of rotatable bonds is 5. The van der Waals surface area contributed by atoms with Crippen LogP contribution in [0.4, 0.5) is 0 Å². The molecule has 0 spiro atoms. The standard InChI is InChI=1S/C14H16ClNO5/c1-19-7-12(17)16-6-10-4-8-3-9(14(18)20-2)5-11(15)13(8)21-10/h3,5,10H,4,6-7H2,1-2H3,(H,16,17)/t10-/m0/s1. The number of nitrogens with one attached hydrogen (secondary N) is 1. The molecule has 1 aliphatic heterocycles. The highest BCUT2D eigenvalue weighted by molar-refractivity contribution is 6.32. The molecule has 7 heteroatoms. The maximum atomic E-state index is 11.5. The zero-order chi connectivity index (χ0) is 15.4. The van der Waals surface area contributed by atoms with Crippen LogP contribution in [0.1, 0.15) is 15.9 Å². The summed E-state index contributed by atoms with van der Waals surface area (Å²) in [6.45, 7) is 0.355. The van der Waals surface area contributed by atoms with Crippen molar-refractivity contribution in [1.29, 1.82) is 0 Å². The molecule has 1 heterocycles. The van der Waals surface area contributed by atoms with Crippen LogP contribution in [0.25, 0.3) is 0 Å². The van der Waals surface area contributed by atoms with Gasteiger partial charge in [0.1, 0.15) is 18.5 Å². The van der Waals surface area contributed by atoms with Crippen LogP contribution in [0.15, 0.2) is 12.1 Å². The number of methoxy groups -OCH3 is 2. The zero-order valence-corrected chi connectivity index (χ0v) is 12.5. The fourth-order valence-electron chi connectivity index (χ4n) is 2.15. The number of halogens is 1. The molecular weight excluding hydrogens is 298 g/mol. The maximum Gasteiger partial charge on any atom is 0.337 e. The number of esters is 1. The van der Waals surface area contributed by atoms with E-state index in [1.54, 1.807) is 6.07 Å². The van der Waals surface area contributed by atoms with Gasteiger partial charge < -0.3 is 19.5 Å². The molecule has 1 aromatic rings. The van der Waals surface area contributed by atoms with Gasteiger partial charge in [-0.1, -0.05) is 11.6 Å². The number of carbonyl (C=O) groups is 2. The first-order chi connectivity index (χ1) is 10.0. The average molecular weight is 314 g/mol. The van der Waals surface area contributed by atoms with Crippen molar-refractivity contribution in [3.8, 4) is 5.75 Å². The van der Waals surface area contributed by atoms with E-state index in [-0.39, 0.29) is 18.6 Å². The Hall–Kier alpha value is -1.79. The summed E-state index contributed by atoms with van der Waals surface area (Å²) in [6.07, 6.45) is 0.346. The molecule has 0 fully saturated rings. The lowest BCUT2D eigenvalue weighted by Crippen LogP contribution is -2.36. The van der Waals surface area contributed by atoms with Crippen LogP contribution in [0.5, 0.6) is 5.75 Å². The van der Waals surface area contributed by atoms with Gasteiger partial charge in [0.2, 0.25) is 5.91 Å². The topological polar surface area (TPSA) is 73.9 Å². The van der Waals surface area contributed by atoms with Gasteiger partial charge in [0.15, 0.2) is 0 Å². The molecule has 2 rings (SSSR count). The van der Waals surface area contributed by atoms with Crippen molar-refractivity contribution < 1.29 is 23.8 Å². The molecule has 1 atom stereocenters. The van der Waals surface area contributed by atoms with Crippen LogP contribution in [0, 0.1) is 0 Å². The lowest BCUT2D eigenvalue weighted by Gasteiger charge is -2.12. The maximum absolute atomic E-state index is 11.5. The van der Waals surface area contributed by atoms with E-state index in [1.807, 2.05) is 0 Å². The zero-order valence-electron chi connectivity index (χ0n) is 11.8. The van der Waals surface area contributed by atoms with Gasteiger partial charge >= 0.3 is 5.97 Å². The minimum atomic E-state index is -0.448. The number of amides is 1. The van der Waals surface area contributed by atoms with Gasteiger partial charge in [-0.2, -0.15) is 0 Å². The Morgan fingerprint density at radius 3 is 2.86 bits per heavy atom. The summed E-state index contributed by atoms with van der Waals surface area (Å²) in [4.78, 5) is 22.9. The molecule has 114 valence electrons. The van der Waals surface area contributed by atoms with Crippen LogP contribution in [-0.2, 0) is 20.7 Å². The molecule has 1 N–H and O–H groups in total. The van der Waals surface area contributed by atoms with Crippen molar-refractivity contribution in [2.24, 2.45) is 0 Å². The highest BCUT2D eigenvalue weighted by atomic mass is 35.5. The minimum Gasteiger partial charge on any atom is -0.486 e. The third kappa shape index (κ3) is 3.65. The number of fused-ring (bicyclic) bond motifs is 1. The molecule has 6 nitrogen and oxygen atoms in total. The first-order valence-corrected chi connectivity index (χ1v) is 6.76. The van der Waals surface area contributed by atoms with E-state index in [2.05, 4.69) is 10.1 Å².